The molecule has 0 aliphatic rings. The summed E-state index contributed by atoms with van der Waals surface area (Å²) in [5, 5.41) is 0. The summed E-state index contributed by atoms with van der Waals surface area (Å²) in [6.45, 7) is 3.64. The number of carbonyl (C=O) groups is 1. The molecule has 2 nitrogen and oxygen atoms in total. The van der Waals surface area contributed by atoms with E-state index in [-0.39, 0.29) is 11.9 Å². The largest absolute Gasteiger partial charge is 0.426 e. The van der Waals surface area contributed by atoms with Gasteiger partial charge in [0.15, 0.2) is 0 Å². The topological polar surface area (TPSA) is 26.3 Å². The molecule has 0 spiro atoms. The molecule has 2 aromatic rings. The summed E-state index contributed by atoms with van der Waals surface area (Å²) in [5.41, 5.74) is 2.26. The lowest BCUT2D eigenvalue weighted by atomic mass is 10.1. The number of esters is 1. The van der Waals surface area contributed by atoms with Gasteiger partial charge in [0.25, 0.3) is 0 Å². The van der Waals surface area contributed by atoms with Crippen molar-refractivity contribution in [3.63, 3.8) is 0 Å². The van der Waals surface area contributed by atoms with E-state index in [1.807, 2.05) is 56.3 Å². The Hall–Kier alpha value is -2.09. The maximum Gasteiger partial charge on any atom is 0.313 e. The highest BCUT2D eigenvalue weighted by molar-refractivity contribution is 5.74. The number of carbonyl (C=O) groups excluding carboxylic acids is 1. The zero-order chi connectivity index (χ0) is 13.0. The number of rotatable bonds is 3. The lowest BCUT2D eigenvalue weighted by Gasteiger charge is -2.07. The number of hydrogen-bond donors (Lipinski definition) is 0. The minimum absolute atomic E-state index is 0.112. The Kier molecular flexibility index (Phi) is 3.78. The fraction of sp³-hybridized carbons (Fsp3) is 0.188. The van der Waals surface area contributed by atoms with Gasteiger partial charge in [0.05, 0.1) is 5.92 Å². The summed E-state index contributed by atoms with van der Waals surface area (Å²) < 4.78 is 5.23. The third-order valence-electron chi connectivity index (χ3n) is 2.65. The first-order chi connectivity index (χ1) is 8.66. The van der Waals surface area contributed by atoms with Gasteiger partial charge in [-0.1, -0.05) is 56.3 Å². The van der Waals surface area contributed by atoms with Crippen molar-refractivity contribution in [2.24, 2.45) is 5.92 Å². The molecule has 2 heteroatoms. The molecule has 0 aliphatic heterocycles. The van der Waals surface area contributed by atoms with Crippen LogP contribution in [0.2, 0.25) is 0 Å². The van der Waals surface area contributed by atoms with Crippen molar-refractivity contribution < 1.29 is 9.53 Å². The van der Waals surface area contributed by atoms with Crippen molar-refractivity contribution in [1.82, 2.24) is 0 Å². The van der Waals surface area contributed by atoms with Gasteiger partial charge in [-0.2, -0.15) is 0 Å². The molecule has 0 fully saturated rings. The Morgan fingerprint density at radius 1 is 0.889 bits per heavy atom. The summed E-state index contributed by atoms with van der Waals surface area (Å²) in [7, 11) is 0. The van der Waals surface area contributed by atoms with Gasteiger partial charge in [0, 0.05) is 0 Å². The maximum atomic E-state index is 11.4. The Morgan fingerprint density at radius 3 is 2.00 bits per heavy atom. The van der Waals surface area contributed by atoms with E-state index >= 15 is 0 Å². The van der Waals surface area contributed by atoms with Crippen LogP contribution in [0.15, 0.2) is 54.6 Å². The second-order valence-corrected chi connectivity index (χ2v) is 4.47. The minimum atomic E-state index is -0.206. The van der Waals surface area contributed by atoms with Gasteiger partial charge in [-0.3, -0.25) is 4.79 Å². The number of ether oxygens (including phenoxy) is 1. The SMILES string of the molecule is CC(C)C(=O)Oc1ccc(-c2ccccc2)cc1. The van der Waals surface area contributed by atoms with Gasteiger partial charge in [0.1, 0.15) is 5.75 Å². The summed E-state index contributed by atoms with van der Waals surface area (Å²) in [6, 6.07) is 17.7. The standard InChI is InChI=1S/C16H16O2/c1-12(2)16(17)18-15-10-8-14(9-11-15)13-6-4-3-5-7-13/h3-12H,1-2H3. The second-order valence-electron chi connectivity index (χ2n) is 4.47. The van der Waals surface area contributed by atoms with Crippen LogP contribution >= 0.6 is 0 Å². The monoisotopic (exact) mass is 240 g/mol. The van der Waals surface area contributed by atoms with Gasteiger partial charge in [-0.05, 0) is 23.3 Å². The molecule has 0 N–H and O–H groups in total. The van der Waals surface area contributed by atoms with Crippen LogP contribution in [0.1, 0.15) is 13.8 Å². The summed E-state index contributed by atoms with van der Waals surface area (Å²) in [4.78, 5) is 11.4. The zero-order valence-corrected chi connectivity index (χ0v) is 10.6. The van der Waals surface area contributed by atoms with E-state index < -0.39 is 0 Å². The van der Waals surface area contributed by atoms with E-state index in [0.717, 1.165) is 11.1 Å². The van der Waals surface area contributed by atoms with Gasteiger partial charge in [-0.25, -0.2) is 0 Å². The quantitative estimate of drug-likeness (QED) is 0.600. The molecule has 0 radical (unpaired) electrons. The van der Waals surface area contributed by atoms with Crippen molar-refractivity contribution in [3.8, 4) is 16.9 Å². The van der Waals surface area contributed by atoms with E-state index in [1.165, 1.54) is 0 Å². The van der Waals surface area contributed by atoms with E-state index in [2.05, 4.69) is 12.1 Å². The van der Waals surface area contributed by atoms with Crippen LogP contribution in [0.3, 0.4) is 0 Å². The van der Waals surface area contributed by atoms with Gasteiger partial charge >= 0.3 is 5.97 Å². The molecule has 92 valence electrons. The zero-order valence-electron chi connectivity index (χ0n) is 10.6. The Balaban J connectivity index is 2.13. The third kappa shape index (κ3) is 2.98. The molecule has 0 heterocycles. The van der Waals surface area contributed by atoms with Gasteiger partial charge in [-0.15, -0.1) is 0 Å². The highest BCUT2D eigenvalue weighted by Crippen LogP contribution is 2.22. The van der Waals surface area contributed by atoms with Gasteiger partial charge in [0.2, 0.25) is 0 Å². The highest BCUT2D eigenvalue weighted by Gasteiger charge is 2.09. The lowest BCUT2D eigenvalue weighted by molar-refractivity contribution is -0.137. The maximum absolute atomic E-state index is 11.4. The Labute approximate surface area is 107 Å². The molecule has 0 amide bonds. The van der Waals surface area contributed by atoms with Crippen molar-refractivity contribution in [2.75, 3.05) is 0 Å². The van der Waals surface area contributed by atoms with Crippen LogP contribution in [-0.4, -0.2) is 5.97 Å². The molecular weight excluding hydrogens is 224 g/mol. The predicted molar refractivity (Wildman–Crippen MR) is 72.4 cm³/mol. The first-order valence-electron chi connectivity index (χ1n) is 6.04. The fourth-order valence-electron chi connectivity index (χ4n) is 1.58. The van der Waals surface area contributed by atoms with Gasteiger partial charge < -0.3 is 4.74 Å². The van der Waals surface area contributed by atoms with E-state index in [1.54, 1.807) is 0 Å². The van der Waals surface area contributed by atoms with Crippen LogP contribution in [0.5, 0.6) is 5.75 Å². The summed E-state index contributed by atoms with van der Waals surface area (Å²) in [6.07, 6.45) is 0. The first kappa shape index (κ1) is 12.4. The molecule has 0 bridgehead atoms. The molecular formula is C16H16O2. The Morgan fingerprint density at radius 2 is 1.44 bits per heavy atom. The first-order valence-corrected chi connectivity index (χ1v) is 6.04. The Bertz CT molecular complexity index is 513. The van der Waals surface area contributed by atoms with Crippen molar-refractivity contribution in [3.05, 3.63) is 54.6 Å². The smallest absolute Gasteiger partial charge is 0.313 e. The fourth-order valence-corrected chi connectivity index (χ4v) is 1.58. The summed E-state index contributed by atoms with van der Waals surface area (Å²) in [5.74, 6) is 0.273. The minimum Gasteiger partial charge on any atom is -0.426 e. The summed E-state index contributed by atoms with van der Waals surface area (Å²) >= 11 is 0. The molecule has 0 saturated heterocycles. The van der Waals surface area contributed by atoms with Crippen LogP contribution in [0.25, 0.3) is 11.1 Å². The van der Waals surface area contributed by atoms with Crippen molar-refractivity contribution in [1.29, 1.82) is 0 Å². The predicted octanol–water partition coefficient (Wildman–Crippen LogP) is 3.92. The van der Waals surface area contributed by atoms with Crippen LogP contribution in [-0.2, 0) is 4.79 Å². The van der Waals surface area contributed by atoms with E-state index in [9.17, 15) is 4.79 Å². The molecule has 18 heavy (non-hydrogen) atoms. The number of benzene rings is 2. The van der Waals surface area contributed by atoms with Crippen LogP contribution in [0.4, 0.5) is 0 Å². The molecule has 0 aromatic heterocycles. The molecule has 0 atom stereocenters. The van der Waals surface area contributed by atoms with Crippen LogP contribution in [0, 0.1) is 5.92 Å². The molecule has 0 unspecified atom stereocenters. The molecule has 0 aliphatic carbocycles. The molecule has 0 saturated carbocycles. The molecule has 2 rings (SSSR count). The molecule has 2 aromatic carbocycles. The highest BCUT2D eigenvalue weighted by atomic mass is 16.5. The van der Waals surface area contributed by atoms with Crippen molar-refractivity contribution in [2.45, 2.75) is 13.8 Å². The van der Waals surface area contributed by atoms with Crippen molar-refractivity contribution >= 4 is 5.97 Å². The van der Waals surface area contributed by atoms with E-state index in [4.69, 9.17) is 4.74 Å². The van der Waals surface area contributed by atoms with Crippen LogP contribution < -0.4 is 4.74 Å². The second kappa shape index (κ2) is 5.50. The average Bonchev–Trinajstić information content (AvgIpc) is 2.40. The average molecular weight is 240 g/mol. The number of hydrogen-bond acceptors (Lipinski definition) is 2. The van der Waals surface area contributed by atoms with E-state index in [0.29, 0.717) is 5.75 Å². The normalized spacial score (nSPS) is 10.4. The third-order valence-corrected chi connectivity index (χ3v) is 2.65. The lowest BCUT2D eigenvalue weighted by Crippen LogP contribution is -2.14.